The van der Waals surface area contributed by atoms with Gasteiger partial charge in [-0.15, -0.1) is 0 Å². The van der Waals surface area contributed by atoms with Crippen LogP contribution in [-0.2, 0) is 4.74 Å². The van der Waals surface area contributed by atoms with Crippen LogP contribution in [-0.4, -0.2) is 55.0 Å². The van der Waals surface area contributed by atoms with Crippen molar-refractivity contribution in [3.63, 3.8) is 0 Å². The van der Waals surface area contributed by atoms with Crippen LogP contribution >= 0.6 is 0 Å². The highest BCUT2D eigenvalue weighted by Gasteiger charge is 2.36. The van der Waals surface area contributed by atoms with Crippen molar-refractivity contribution in [2.75, 3.05) is 38.7 Å². The summed E-state index contributed by atoms with van der Waals surface area (Å²) in [6, 6.07) is 15.2. The molecule has 2 amide bonds. The number of carbonyl (C=O) groups is 2. The molecule has 1 aliphatic rings. The van der Waals surface area contributed by atoms with Gasteiger partial charge in [-0.1, -0.05) is 24.3 Å². The van der Waals surface area contributed by atoms with E-state index in [0.717, 1.165) is 23.2 Å². The molecule has 154 valence electrons. The van der Waals surface area contributed by atoms with Gasteiger partial charge >= 0.3 is 0 Å². The number of hydrogen-bond donors (Lipinski definition) is 1. The minimum absolute atomic E-state index is 0.0125. The zero-order chi connectivity index (χ0) is 20.8. The number of ether oxygens (including phenoxy) is 1. The van der Waals surface area contributed by atoms with Crippen LogP contribution in [0.4, 0.5) is 5.69 Å². The molecule has 3 rings (SSSR count). The number of fused-ring (bicyclic) bond motifs is 1. The first-order valence-electron chi connectivity index (χ1n) is 10.1. The summed E-state index contributed by atoms with van der Waals surface area (Å²) in [4.78, 5) is 29.3. The molecular weight excluding hydrogens is 366 g/mol. The maximum absolute atomic E-state index is 12.9. The third-order valence-corrected chi connectivity index (χ3v) is 5.27. The SMILES string of the molecule is CCN(CC)C(=O)c1cccc(NC2c3ccccc3C(=O)N2CCCOC)c1. The van der Waals surface area contributed by atoms with Gasteiger partial charge in [0, 0.05) is 55.7 Å². The lowest BCUT2D eigenvalue weighted by molar-refractivity contribution is 0.0720. The number of nitrogens with one attached hydrogen (secondary N) is 1. The lowest BCUT2D eigenvalue weighted by atomic mass is 10.1. The second kappa shape index (κ2) is 9.56. The maximum atomic E-state index is 12.9. The summed E-state index contributed by atoms with van der Waals surface area (Å²) >= 11 is 0. The summed E-state index contributed by atoms with van der Waals surface area (Å²) in [5.41, 5.74) is 3.13. The van der Waals surface area contributed by atoms with Crippen molar-refractivity contribution in [1.82, 2.24) is 9.80 Å². The van der Waals surface area contributed by atoms with Crippen molar-refractivity contribution in [2.24, 2.45) is 0 Å². The third kappa shape index (κ3) is 4.43. The standard InChI is InChI=1S/C23H29N3O3/c1-4-25(5-2)22(27)17-10-8-11-18(16-17)24-21-19-12-6-7-13-20(19)23(28)26(21)14-9-15-29-3/h6-8,10-13,16,21,24H,4-5,9,14-15H2,1-3H3. The molecule has 0 radical (unpaired) electrons. The highest BCUT2D eigenvalue weighted by molar-refractivity contribution is 5.99. The molecule has 1 N–H and O–H groups in total. The Morgan fingerprint density at radius 1 is 1.14 bits per heavy atom. The van der Waals surface area contributed by atoms with Crippen molar-refractivity contribution >= 4 is 17.5 Å². The fourth-order valence-electron chi connectivity index (χ4n) is 3.73. The first-order valence-corrected chi connectivity index (χ1v) is 10.1. The Morgan fingerprint density at radius 3 is 2.62 bits per heavy atom. The Labute approximate surface area is 172 Å². The quantitative estimate of drug-likeness (QED) is 0.657. The van der Waals surface area contributed by atoms with Crippen LogP contribution in [0.2, 0.25) is 0 Å². The Morgan fingerprint density at radius 2 is 1.90 bits per heavy atom. The number of benzene rings is 2. The predicted octanol–water partition coefficient (Wildman–Crippen LogP) is 3.77. The van der Waals surface area contributed by atoms with E-state index in [0.29, 0.717) is 31.8 Å². The molecule has 0 bridgehead atoms. The van der Waals surface area contributed by atoms with Crippen LogP contribution < -0.4 is 5.32 Å². The number of carbonyl (C=O) groups excluding carboxylic acids is 2. The number of hydrogen-bond acceptors (Lipinski definition) is 4. The molecule has 1 heterocycles. The zero-order valence-corrected chi connectivity index (χ0v) is 17.4. The van der Waals surface area contributed by atoms with Crippen LogP contribution in [0.25, 0.3) is 0 Å². The minimum atomic E-state index is -0.269. The van der Waals surface area contributed by atoms with Crippen molar-refractivity contribution in [3.05, 3.63) is 65.2 Å². The van der Waals surface area contributed by atoms with Crippen LogP contribution in [0, 0.1) is 0 Å². The molecular formula is C23H29N3O3. The molecule has 0 aliphatic carbocycles. The molecule has 0 saturated carbocycles. The molecule has 2 aromatic carbocycles. The van der Waals surface area contributed by atoms with Crippen molar-refractivity contribution in [3.8, 4) is 0 Å². The summed E-state index contributed by atoms with van der Waals surface area (Å²) in [6.07, 6.45) is 0.490. The van der Waals surface area contributed by atoms with E-state index in [1.165, 1.54) is 0 Å². The van der Waals surface area contributed by atoms with Crippen LogP contribution in [0.1, 0.15) is 52.7 Å². The molecule has 1 aliphatic heterocycles. The van der Waals surface area contributed by atoms with Crippen molar-refractivity contribution in [1.29, 1.82) is 0 Å². The van der Waals surface area contributed by atoms with E-state index in [1.54, 1.807) is 12.0 Å². The van der Waals surface area contributed by atoms with Gasteiger partial charge in [-0.05, 0) is 44.5 Å². The fraction of sp³-hybridized carbons (Fsp3) is 0.391. The summed E-state index contributed by atoms with van der Waals surface area (Å²) in [6.45, 7) is 6.48. The number of nitrogens with zero attached hydrogens (tertiary/aromatic N) is 2. The molecule has 29 heavy (non-hydrogen) atoms. The van der Waals surface area contributed by atoms with E-state index in [4.69, 9.17) is 4.74 Å². The van der Waals surface area contributed by atoms with Gasteiger partial charge in [0.05, 0.1) is 0 Å². The molecule has 0 fully saturated rings. The summed E-state index contributed by atoms with van der Waals surface area (Å²) in [7, 11) is 1.66. The second-order valence-electron chi connectivity index (χ2n) is 7.04. The van der Waals surface area contributed by atoms with Gasteiger partial charge < -0.3 is 19.9 Å². The molecule has 0 saturated heterocycles. The van der Waals surface area contributed by atoms with E-state index in [2.05, 4.69) is 5.32 Å². The topological polar surface area (TPSA) is 61.9 Å². The van der Waals surface area contributed by atoms with Gasteiger partial charge in [0.15, 0.2) is 0 Å². The van der Waals surface area contributed by atoms with Crippen molar-refractivity contribution in [2.45, 2.75) is 26.4 Å². The van der Waals surface area contributed by atoms with Crippen LogP contribution in [0.15, 0.2) is 48.5 Å². The summed E-state index contributed by atoms with van der Waals surface area (Å²) < 4.78 is 5.15. The number of methoxy groups -OCH3 is 1. The Kier molecular flexibility index (Phi) is 6.88. The largest absolute Gasteiger partial charge is 0.385 e. The van der Waals surface area contributed by atoms with Gasteiger partial charge in [0.25, 0.3) is 11.8 Å². The zero-order valence-electron chi connectivity index (χ0n) is 17.4. The van der Waals surface area contributed by atoms with E-state index < -0.39 is 0 Å². The monoisotopic (exact) mass is 395 g/mol. The second-order valence-corrected chi connectivity index (χ2v) is 7.04. The van der Waals surface area contributed by atoms with Gasteiger partial charge in [-0.3, -0.25) is 9.59 Å². The number of anilines is 1. The molecule has 6 nitrogen and oxygen atoms in total. The Hall–Kier alpha value is -2.86. The van der Waals surface area contributed by atoms with Gasteiger partial charge in [-0.25, -0.2) is 0 Å². The molecule has 0 aromatic heterocycles. The normalized spacial score (nSPS) is 15.3. The average Bonchev–Trinajstić information content (AvgIpc) is 3.01. The van der Waals surface area contributed by atoms with Crippen LogP contribution in [0.3, 0.4) is 0 Å². The van der Waals surface area contributed by atoms with Gasteiger partial charge in [-0.2, -0.15) is 0 Å². The van der Waals surface area contributed by atoms with E-state index in [1.807, 2.05) is 67.3 Å². The number of rotatable bonds is 9. The highest BCUT2D eigenvalue weighted by Crippen LogP contribution is 2.34. The molecule has 6 heteroatoms. The van der Waals surface area contributed by atoms with E-state index in [-0.39, 0.29) is 18.0 Å². The summed E-state index contributed by atoms with van der Waals surface area (Å²) in [5, 5.41) is 3.47. The average molecular weight is 396 g/mol. The Bertz CT molecular complexity index is 864. The molecule has 0 spiro atoms. The molecule has 1 atom stereocenters. The highest BCUT2D eigenvalue weighted by atomic mass is 16.5. The maximum Gasteiger partial charge on any atom is 0.256 e. The Balaban J connectivity index is 1.86. The van der Waals surface area contributed by atoms with Crippen molar-refractivity contribution < 1.29 is 14.3 Å². The molecule has 2 aromatic rings. The third-order valence-electron chi connectivity index (χ3n) is 5.27. The smallest absolute Gasteiger partial charge is 0.256 e. The van der Waals surface area contributed by atoms with Crippen LogP contribution in [0.5, 0.6) is 0 Å². The predicted molar refractivity (Wildman–Crippen MR) is 114 cm³/mol. The molecule has 1 unspecified atom stereocenters. The first-order chi connectivity index (χ1) is 14.1. The van der Waals surface area contributed by atoms with Gasteiger partial charge in [0.2, 0.25) is 0 Å². The lowest BCUT2D eigenvalue weighted by Gasteiger charge is -2.27. The van der Waals surface area contributed by atoms with E-state index in [9.17, 15) is 9.59 Å². The minimum Gasteiger partial charge on any atom is -0.385 e. The fourth-order valence-corrected chi connectivity index (χ4v) is 3.73. The number of amides is 2. The summed E-state index contributed by atoms with van der Waals surface area (Å²) in [5.74, 6) is 0.0306. The van der Waals surface area contributed by atoms with E-state index >= 15 is 0 Å². The lowest BCUT2D eigenvalue weighted by Crippen LogP contribution is -2.34. The first kappa shape index (κ1) is 20.9. The van der Waals surface area contributed by atoms with Gasteiger partial charge in [0.1, 0.15) is 6.17 Å².